The quantitative estimate of drug-likeness (QED) is 0.282. The van der Waals surface area contributed by atoms with Crippen LogP contribution < -0.4 is 16.4 Å². The van der Waals surface area contributed by atoms with Gasteiger partial charge in [-0.3, -0.25) is 9.59 Å². The molecule has 0 saturated carbocycles. The molecule has 0 aliphatic rings. The van der Waals surface area contributed by atoms with Crippen molar-refractivity contribution in [1.82, 2.24) is 4.98 Å². The largest absolute Gasteiger partial charge is 0.507 e. The summed E-state index contributed by atoms with van der Waals surface area (Å²) < 4.78 is 0. The average Bonchev–Trinajstić information content (AvgIpc) is 3.39. The van der Waals surface area contributed by atoms with Crippen molar-refractivity contribution in [2.45, 2.75) is 13.0 Å². The zero-order valence-corrected chi connectivity index (χ0v) is 20.7. The van der Waals surface area contributed by atoms with Crippen molar-refractivity contribution in [2.75, 3.05) is 10.6 Å². The number of thiophene rings is 1. The fraction of sp³-hybridized carbons (Fsp3) is 0.0769. The number of nitriles is 1. The summed E-state index contributed by atoms with van der Waals surface area (Å²) in [6.45, 7) is 1.58. The Balaban J connectivity index is 0.00000361. The van der Waals surface area contributed by atoms with Gasteiger partial charge < -0.3 is 21.5 Å². The SMILES string of the molecule is CC(N)C(=O)Nc1cccc(-c2cc(-c3ccccc3O)nc(NC(=O)c3cccs3)c2C#N)c1.Cl. The third-order valence-electron chi connectivity index (χ3n) is 5.14. The van der Waals surface area contributed by atoms with Gasteiger partial charge in [-0.05, 0) is 54.3 Å². The van der Waals surface area contributed by atoms with Gasteiger partial charge in [0.25, 0.3) is 5.91 Å². The van der Waals surface area contributed by atoms with Crippen LogP contribution in [0, 0.1) is 11.3 Å². The predicted molar refractivity (Wildman–Crippen MR) is 143 cm³/mol. The molecule has 2 heterocycles. The maximum absolute atomic E-state index is 12.8. The summed E-state index contributed by atoms with van der Waals surface area (Å²) in [7, 11) is 0. The van der Waals surface area contributed by atoms with Gasteiger partial charge in [0.15, 0.2) is 5.82 Å². The summed E-state index contributed by atoms with van der Waals surface area (Å²) in [4.78, 5) is 29.8. The second kappa shape index (κ2) is 11.5. The van der Waals surface area contributed by atoms with Gasteiger partial charge in [0, 0.05) is 16.8 Å². The van der Waals surface area contributed by atoms with Crippen LogP contribution >= 0.6 is 23.7 Å². The molecule has 36 heavy (non-hydrogen) atoms. The van der Waals surface area contributed by atoms with Gasteiger partial charge in [0.2, 0.25) is 5.91 Å². The number of pyridine rings is 1. The minimum Gasteiger partial charge on any atom is -0.507 e. The van der Waals surface area contributed by atoms with Crippen molar-refractivity contribution >= 4 is 47.1 Å². The lowest BCUT2D eigenvalue weighted by molar-refractivity contribution is -0.117. The summed E-state index contributed by atoms with van der Waals surface area (Å²) in [6, 6.07) is 20.1. The van der Waals surface area contributed by atoms with E-state index in [0.717, 1.165) is 0 Å². The number of anilines is 2. The Morgan fingerprint density at radius 2 is 1.83 bits per heavy atom. The molecule has 4 rings (SSSR count). The topological polar surface area (TPSA) is 141 Å². The number of phenols is 1. The van der Waals surface area contributed by atoms with E-state index in [9.17, 15) is 20.0 Å². The summed E-state index contributed by atoms with van der Waals surface area (Å²) in [5.41, 5.74) is 8.18. The van der Waals surface area contributed by atoms with Gasteiger partial charge in [-0.15, -0.1) is 23.7 Å². The second-order valence-corrected chi connectivity index (χ2v) is 8.65. The highest BCUT2D eigenvalue weighted by molar-refractivity contribution is 7.12. The van der Waals surface area contributed by atoms with Gasteiger partial charge in [-0.2, -0.15) is 5.26 Å². The Morgan fingerprint density at radius 3 is 2.50 bits per heavy atom. The van der Waals surface area contributed by atoms with E-state index in [2.05, 4.69) is 21.7 Å². The number of amides is 2. The highest BCUT2D eigenvalue weighted by Crippen LogP contribution is 2.36. The molecule has 5 N–H and O–H groups in total. The van der Waals surface area contributed by atoms with Crippen LogP contribution in [0.1, 0.15) is 22.2 Å². The normalized spacial score (nSPS) is 11.0. The molecule has 0 saturated heterocycles. The number of carbonyl (C=O) groups excluding carboxylic acids is 2. The van der Waals surface area contributed by atoms with Crippen molar-refractivity contribution in [1.29, 1.82) is 5.26 Å². The van der Waals surface area contributed by atoms with Crippen LogP contribution in [0.15, 0.2) is 72.1 Å². The molecule has 0 fully saturated rings. The molecular weight excluding hydrogens is 498 g/mol. The van der Waals surface area contributed by atoms with Crippen LogP contribution in [0.2, 0.25) is 0 Å². The number of aromatic nitrogens is 1. The molecule has 0 aliphatic heterocycles. The molecule has 8 nitrogen and oxygen atoms in total. The minimum absolute atomic E-state index is 0. The molecule has 0 radical (unpaired) electrons. The van der Waals surface area contributed by atoms with Crippen LogP contribution in [0.5, 0.6) is 5.75 Å². The molecule has 2 aromatic heterocycles. The number of aromatic hydroxyl groups is 1. The van der Waals surface area contributed by atoms with Crippen LogP contribution in [0.3, 0.4) is 0 Å². The van der Waals surface area contributed by atoms with Crippen molar-refractivity contribution < 1.29 is 14.7 Å². The Labute approximate surface area is 217 Å². The maximum atomic E-state index is 12.8. The van der Waals surface area contributed by atoms with Gasteiger partial charge in [0.05, 0.1) is 16.6 Å². The number of benzene rings is 2. The number of phenolic OH excluding ortho intramolecular Hbond substituents is 1. The van der Waals surface area contributed by atoms with Crippen molar-refractivity contribution in [3.8, 4) is 34.2 Å². The predicted octanol–water partition coefficient (Wildman–Crippen LogP) is 5.01. The standard InChI is InChI=1S/C26H21N5O3S.ClH/c1-15(28)25(33)29-17-7-4-6-16(12-17)19-13-21(18-8-2-3-9-22(18)32)30-24(20(19)14-27)31-26(34)23-10-5-11-35-23;/h2-13,15,32H,28H2,1H3,(H,29,33)(H,30,31,34);1H. The fourth-order valence-corrected chi connectivity index (χ4v) is 4.02. The van der Waals surface area contributed by atoms with E-state index >= 15 is 0 Å². The molecule has 182 valence electrons. The lowest BCUT2D eigenvalue weighted by Crippen LogP contribution is -2.32. The molecule has 1 atom stereocenters. The van der Waals surface area contributed by atoms with Gasteiger partial charge >= 0.3 is 0 Å². The summed E-state index contributed by atoms with van der Waals surface area (Å²) in [6.07, 6.45) is 0. The van der Waals surface area contributed by atoms with E-state index in [0.29, 0.717) is 32.9 Å². The lowest BCUT2D eigenvalue weighted by atomic mass is 9.97. The number of nitrogens with one attached hydrogen (secondary N) is 2. The maximum Gasteiger partial charge on any atom is 0.266 e. The summed E-state index contributed by atoms with van der Waals surface area (Å²) >= 11 is 1.26. The monoisotopic (exact) mass is 519 g/mol. The van der Waals surface area contributed by atoms with Gasteiger partial charge in [-0.1, -0.05) is 30.3 Å². The summed E-state index contributed by atoms with van der Waals surface area (Å²) in [5.74, 6) is -0.686. The molecule has 10 heteroatoms. The fourth-order valence-electron chi connectivity index (χ4n) is 3.40. The van der Waals surface area contributed by atoms with Gasteiger partial charge in [-0.25, -0.2) is 4.98 Å². The highest BCUT2D eigenvalue weighted by atomic mass is 35.5. The molecule has 0 aliphatic carbocycles. The number of carbonyl (C=O) groups is 2. The molecular formula is C26H22ClN5O3S. The lowest BCUT2D eigenvalue weighted by Gasteiger charge is -2.15. The third kappa shape index (κ3) is 5.70. The zero-order chi connectivity index (χ0) is 24.9. The Hall–Kier alpha value is -4.23. The number of rotatable bonds is 6. The first-order valence-corrected chi connectivity index (χ1v) is 11.5. The number of halogens is 1. The Morgan fingerprint density at radius 1 is 1.06 bits per heavy atom. The first-order valence-electron chi connectivity index (χ1n) is 10.6. The number of nitrogens with zero attached hydrogens (tertiary/aromatic N) is 2. The third-order valence-corrected chi connectivity index (χ3v) is 6.01. The summed E-state index contributed by atoms with van der Waals surface area (Å²) in [5, 5.41) is 27.7. The van der Waals surface area contributed by atoms with Crippen molar-refractivity contribution in [3.63, 3.8) is 0 Å². The first-order chi connectivity index (χ1) is 16.9. The Kier molecular flexibility index (Phi) is 8.40. The van der Waals surface area contributed by atoms with E-state index in [1.54, 1.807) is 73.0 Å². The zero-order valence-electron chi connectivity index (χ0n) is 19.1. The Bertz CT molecular complexity index is 1450. The van der Waals surface area contributed by atoms with E-state index in [1.165, 1.54) is 17.4 Å². The minimum atomic E-state index is -0.694. The average molecular weight is 520 g/mol. The van der Waals surface area contributed by atoms with E-state index in [-0.39, 0.29) is 35.4 Å². The van der Waals surface area contributed by atoms with Crippen molar-refractivity contribution in [2.24, 2.45) is 5.73 Å². The van der Waals surface area contributed by atoms with Crippen LogP contribution in [-0.4, -0.2) is 27.9 Å². The molecule has 2 amide bonds. The molecule has 2 aromatic carbocycles. The van der Waals surface area contributed by atoms with Crippen LogP contribution in [-0.2, 0) is 4.79 Å². The van der Waals surface area contributed by atoms with Crippen LogP contribution in [0.4, 0.5) is 11.5 Å². The van der Waals surface area contributed by atoms with Gasteiger partial charge in [0.1, 0.15) is 17.4 Å². The molecule has 0 bridgehead atoms. The molecule has 1 unspecified atom stereocenters. The molecule has 0 spiro atoms. The molecule has 4 aromatic rings. The van der Waals surface area contributed by atoms with E-state index in [4.69, 9.17) is 5.73 Å². The number of hydrogen-bond acceptors (Lipinski definition) is 7. The van der Waals surface area contributed by atoms with E-state index < -0.39 is 11.9 Å². The highest BCUT2D eigenvalue weighted by Gasteiger charge is 2.20. The second-order valence-electron chi connectivity index (χ2n) is 7.70. The van der Waals surface area contributed by atoms with E-state index in [1.807, 2.05) is 0 Å². The van der Waals surface area contributed by atoms with Crippen LogP contribution in [0.25, 0.3) is 22.4 Å². The number of nitrogens with two attached hydrogens (primary N) is 1. The van der Waals surface area contributed by atoms with Crippen molar-refractivity contribution in [3.05, 3.63) is 82.6 Å². The first kappa shape index (κ1) is 26.4. The smallest absolute Gasteiger partial charge is 0.266 e. The number of para-hydroxylation sites is 1. The number of hydrogen-bond donors (Lipinski definition) is 4.